The molecule has 98 valence electrons. The van der Waals surface area contributed by atoms with Crippen LogP contribution in [-0.4, -0.2) is 22.1 Å². The van der Waals surface area contributed by atoms with E-state index < -0.39 is 0 Å². The molecule has 0 atom stereocenters. The predicted octanol–water partition coefficient (Wildman–Crippen LogP) is 2.85. The molecule has 2 aromatic carbocycles. The second kappa shape index (κ2) is 5.56. The maximum Gasteiger partial charge on any atom is 0.129 e. The third kappa shape index (κ3) is 2.42. The number of rotatable bonds is 4. The Balaban J connectivity index is 2.82. The molecule has 0 aliphatic carbocycles. The van der Waals surface area contributed by atoms with Crippen LogP contribution >= 0.6 is 0 Å². The van der Waals surface area contributed by atoms with Gasteiger partial charge in [-0.05, 0) is 23.4 Å². The standard InChI is InChI=1S/C16H19BO2/c1-10(2)9-13-14(17)16(19-4)12-8-6-5-7-11(12)15(13)18-3/h5-8,10H,9H2,1-4H3. The summed E-state index contributed by atoms with van der Waals surface area (Å²) in [5, 5.41) is 2.04. The summed E-state index contributed by atoms with van der Waals surface area (Å²) in [6, 6.07) is 8.03. The average Bonchev–Trinajstić information content (AvgIpc) is 2.39. The quantitative estimate of drug-likeness (QED) is 0.781. The number of hydrogen-bond acceptors (Lipinski definition) is 2. The minimum Gasteiger partial charge on any atom is -0.497 e. The Bertz CT molecular complexity index is 591. The van der Waals surface area contributed by atoms with E-state index in [0.29, 0.717) is 11.4 Å². The normalized spacial score (nSPS) is 11.0. The first-order valence-electron chi connectivity index (χ1n) is 6.51. The van der Waals surface area contributed by atoms with Gasteiger partial charge in [0, 0.05) is 10.8 Å². The lowest BCUT2D eigenvalue weighted by Gasteiger charge is -2.20. The lowest BCUT2D eigenvalue weighted by molar-refractivity contribution is 0.406. The van der Waals surface area contributed by atoms with Gasteiger partial charge in [0.2, 0.25) is 0 Å². The third-order valence-electron chi connectivity index (χ3n) is 3.28. The first-order valence-corrected chi connectivity index (χ1v) is 6.51. The Hall–Kier alpha value is -1.64. The van der Waals surface area contributed by atoms with E-state index in [4.69, 9.17) is 17.3 Å². The van der Waals surface area contributed by atoms with E-state index in [1.54, 1.807) is 14.2 Å². The highest BCUT2D eigenvalue weighted by molar-refractivity contribution is 6.37. The molecule has 0 unspecified atom stereocenters. The molecule has 3 heteroatoms. The van der Waals surface area contributed by atoms with E-state index in [-0.39, 0.29) is 0 Å². The van der Waals surface area contributed by atoms with E-state index in [0.717, 1.165) is 34.3 Å². The summed E-state index contributed by atoms with van der Waals surface area (Å²) in [4.78, 5) is 0. The summed E-state index contributed by atoms with van der Waals surface area (Å²) >= 11 is 0. The summed E-state index contributed by atoms with van der Waals surface area (Å²) in [5.41, 5.74) is 1.72. The van der Waals surface area contributed by atoms with Crippen molar-refractivity contribution in [1.82, 2.24) is 0 Å². The van der Waals surface area contributed by atoms with Crippen LogP contribution in [0.25, 0.3) is 10.8 Å². The van der Waals surface area contributed by atoms with Crippen LogP contribution in [0.2, 0.25) is 0 Å². The van der Waals surface area contributed by atoms with Gasteiger partial charge in [0.15, 0.2) is 0 Å². The molecule has 0 heterocycles. The van der Waals surface area contributed by atoms with Crippen LogP contribution in [0, 0.1) is 5.92 Å². The van der Waals surface area contributed by atoms with Crippen molar-refractivity contribution in [2.24, 2.45) is 5.92 Å². The van der Waals surface area contributed by atoms with Crippen LogP contribution < -0.4 is 14.9 Å². The van der Waals surface area contributed by atoms with Crippen LogP contribution in [0.1, 0.15) is 19.4 Å². The fourth-order valence-corrected chi connectivity index (χ4v) is 2.51. The molecule has 0 saturated heterocycles. The van der Waals surface area contributed by atoms with E-state index in [1.807, 2.05) is 24.3 Å². The minimum absolute atomic E-state index is 0.502. The lowest BCUT2D eigenvalue weighted by atomic mass is 9.82. The smallest absolute Gasteiger partial charge is 0.129 e. The first-order chi connectivity index (χ1) is 9.10. The molecular formula is C16H19BO2. The monoisotopic (exact) mass is 254 g/mol. The van der Waals surface area contributed by atoms with Crippen LogP contribution in [0.5, 0.6) is 11.5 Å². The fourth-order valence-electron chi connectivity index (χ4n) is 2.51. The molecule has 19 heavy (non-hydrogen) atoms. The number of methoxy groups -OCH3 is 2. The highest BCUT2D eigenvalue weighted by atomic mass is 16.5. The van der Waals surface area contributed by atoms with E-state index >= 15 is 0 Å². The van der Waals surface area contributed by atoms with Crippen LogP contribution in [0.4, 0.5) is 0 Å². The predicted molar refractivity (Wildman–Crippen MR) is 81.0 cm³/mol. The van der Waals surface area contributed by atoms with Gasteiger partial charge in [0.25, 0.3) is 0 Å². The van der Waals surface area contributed by atoms with Gasteiger partial charge in [-0.15, -0.1) is 0 Å². The van der Waals surface area contributed by atoms with Gasteiger partial charge in [-0.3, -0.25) is 0 Å². The van der Waals surface area contributed by atoms with Crippen molar-refractivity contribution >= 4 is 24.1 Å². The van der Waals surface area contributed by atoms with Crippen LogP contribution in [-0.2, 0) is 6.42 Å². The zero-order valence-corrected chi connectivity index (χ0v) is 12.0. The molecule has 0 spiro atoms. The van der Waals surface area contributed by atoms with Crippen LogP contribution in [0.15, 0.2) is 24.3 Å². The highest BCUT2D eigenvalue weighted by Gasteiger charge is 2.17. The van der Waals surface area contributed by atoms with Crippen molar-refractivity contribution in [3.05, 3.63) is 29.8 Å². The Morgan fingerprint density at radius 3 is 2.00 bits per heavy atom. The summed E-state index contributed by atoms with van der Waals surface area (Å²) < 4.78 is 11.1. The van der Waals surface area contributed by atoms with Gasteiger partial charge in [-0.25, -0.2) is 0 Å². The van der Waals surface area contributed by atoms with Crippen molar-refractivity contribution in [3.8, 4) is 11.5 Å². The number of benzene rings is 2. The van der Waals surface area contributed by atoms with E-state index in [1.165, 1.54) is 0 Å². The Morgan fingerprint density at radius 2 is 1.53 bits per heavy atom. The van der Waals surface area contributed by atoms with Crippen molar-refractivity contribution in [3.63, 3.8) is 0 Å². The molecule has 0 N–H and O–H groups in total. The maximum absolute atomic E-state index is 6.28. The molecule has 0 aliphatic heterocycles. The molecular weight excluding hydrogens is 235 g/mol. The van der Waals surface area contributed by atoms with Gasteiger partial charge < -0.3 is 9.47 Å². The lowest BCUT2D eigenvalue weighted by Crippen LogP contribution is -2.17. The van der Waals surface area contributed by atoms with Crippen molar-refractivity contribution in [2.75, 3.05) is 14.2 Å². The SMILES string of the molecule is [B]c1c(CC(C)C)c(OC)c2ccccc2c1OC. The second-order valence-corrected chi connectivity index (χ2v) is 5.10. The highest BCUT2D eigenvalue weighted by Crippen LogP contribution is 2.35. The summed E-state index contributed by atoms with van der Waals surface area (Å²) in [6.45, 7) is 4.33. The van der Waals surface area contributed by atoms with Crippen molar-refractivity contribution in [2.45, 2.75) is 20.3 Å². The Morgan fingerprint density at radius 1 is 1.00 bits per heavy atom. The minimum atomic E-state index is 0.502. The van der Waals surface area contributed by atoms with Crippen LogP contribution in [0.3, 0.4) is 0 Å². The molecule has 0 aromatic heterocycles. The average molecular weight is 254 g/mol. The molecule has 0 bridgehead atoms. The van der Waals surface area contributed by atoms with E-state index in [2.05, 4.69) is 13.8 Å². The van der Waals surface area contributed by atoms with Crippen molar-refractivity contribution < 1.29 is 9.47 Å². The Labute approximate surface area is 116 Å². The number of ether oxygens (including phenoxy) is 2. The summed E-state index contributed by atoms with van der Waals surface area (Å²) in [7, 11) is 9.63. The zero-order chi connectivity index (χ0) is 14.0. The Kier molecular flexibility index (Phi) is 4.03. The molecule has 2 rings (SSSR count). The maximum atomic E-state index is 6.28. The molecule has 2 radical (unpaired) electrons. The van der Waals surface area contributed by atoms with Gasteiger partial charge >= 0.3 is 0 Å². The summed E-state index contributed by atoms with van der Waals surface area (Å²) in [5.74, 6) is 2.11. The van der Waals surface area contributed by atoms with Crippen molar-refractivity contribution in [1.29, 1.82) is 0 Å². The largest absolute Gasteiger partial charge is 0.497 e. The van der Waals surface area contributed by atoms with Gasteiger partial charge in [0.05, 0.1) is 14.2 Å². The number of hydrogen-bond donors (Lipinski definition) is 0. The molecule has 0 amide bonds. The zero-order valence-electron chi connectivity index (χ0n) is 12.0. The number of fused-ring (bicyclic) bond motifs is 1. The fraction of sp³-hybridized carbons (Fsp3) is 0.375. The van der Waals surface area contributed by atoms with Gasteiger partial charge in [0.1, 0.15) is 19.3 Å². The van der Waals surface area contributed by atoms with Gasteiger partial charge in [-0.2, -0.15) is 0 Å². The molecule has 0 fully saturated rings. The van der Waals surface area contributed by atoms with Gasteiger partial charge in [-0.1, -0.05) is 38.1 Å². The summed E-state index contributed by atoms with van der Waals surface area (Å²) in [6.07, 6.45) is 0.871. The molecule has 2 nitrogen and oxygen atoms in total. The first kappa shape index (κ1) is 13.8. The molecule has 0 aliphatic rings. The second-order valence-electron chi connectivity index (χ2n) is 5.10. The molecule has 0 saturated carbocycles. The topological polar surface area (TPSA) is 18.5 Å². The van der Waals surface area contributed by atoms with E-state index in [9.17, 15) is 0 Å². The molecule has 2 aromatic rings. The third-order valence-corrected chi connectivity index (χ3v) is 3.28.